The number of carbonyl (C=O) groups is 1. The Labute approximate surface area is 174 Å². The number of aryl methyl sites for hydroxylation is 1. The number of nitrogens with zero attached hydrogens (tertiary/aromatic N) is 3. The van der Waals surface area contributed by atoms with Crippen molar-refractivity contribution in [2.45, 2.75) is 13.8 Å². The number of benzene rings is 1. The molecule has 7 heteroatoms. The van der Waals surface area contributed by atoms with Crippen molar-refractivity contribution in [1.82, 2.24) is 15.1 Å². The molecule has 0 radical (unpaired) electrons. The number of carbonyl (C=O) groups excluding carboxylic acids is 1. The van der Waals surface area contributed by atoms with E-state index in [-0.39, 0.29) is 36.4 Å². The molecule has 1 N–H and O–H groups in total. The van der Waals surface area contributed by atoms with Gasteiger partial charge in [0, 0.05) is 27.7 Å². The van der Waals surface area contributed by atoms with Gasteiger partial charge < -0.3 is 19.9 Å². The molecule has 1 amide bonds. The Kier molecular flexibility index (Phi) is 11.7. The highest BCUT2D eigenvalue weighted by atomic mass is 127. The van der Waals surface area contributed by atoms with E-state index in [0.29, 0.717) is 25.7 Å². The zero-order chi connectivity index (χ0) is 18.8. The highest BCUT2D eigenvalue weighted by molar-refractivity contribution is 14.0. The number of amides is 1. The summed E-state index contributed by atoms with van der Waals surface area (Å²) in [6.07, 6.45) is 0. The third kappa shape index (κ3) is 9.65. The van der Waals surface area contributed by atoms with Crippen LogP contribution in [0, 0.1) is 6.92 Å². The molecule has 0 aliphatic heterocycles. The van der Waals surface area contributed by atoms with Crippen molar-refractivity contribution in [1.29, 1.82) is 0 Å². The SMILES string of the molecule is C=C(C)CNC(=NCC(=O)N(C)C)N(C)CCOc1ccc(C)cc1.I. The van der Waals surface area contributed by atoms with Crippen LogP contribution in [0.5, 0.6) is 5.75 Å². The number of hydrogen-bond acceptors (Lipinski definition) is 3. The Bertz CT molecular complexity index is 600. The van der Waals surface area contributed by atoms with Crippen LogP contribution in [0.1, 0.15) is 12.5 Å². The van der Waals surface area contributed by atoms with Crippen molar-refractivity contribution in [3.8, 4) is 5.75 Å². The van der Waals surface area contributed by atoms with E-state index in [1.807, 2.05) is 50.1 Å². The van der Waals surface area contributed by atoms with Crippen LogP contribution in [-0.4, -0.2) is 69.1 Å². The topological polar surface area (TPSA) is 57.2 Å². The quantitative estimate of drug-likeness (QED) is 0.272. The fourth-order valence-corrected chi connectivity index (χ4v) is 1.87. The largest absolute Gasteiger partial charge is 0.492 e. The summed E-state index contributed by atoms with van der Waals surface area (Å²) in [7, 11) is 5.36. The molecule has 0 aromatic heterocycles. The van der Waals surface area contributed by atoms with Gasteiger partial charge in [0.25, 0.3) is 0 Å². The van der Waals surface area contributed by atoms with Gasteiger partial charge in [-0.2, -0.15) is 0 Å². The Morgan fingerprint density at radius 2 is 1.85 bits per heavy atom. The van der Waals surface area contributed by atoms with Crippen LogP contribution in [0.2, 0.25) is 0 Å². The lowest BCUT2D eigenvalue weighted by Gasteiger charge is -2.23. The third-order valence-electron chi connectivity index (χ3n) is 3.49. The molecule has 0 aliphatic rings. The minimum Gasteiger partial charge on any atom is -0.492 e. The molecule has 0 bridgehead atoms. The van der Waals surface area contributed by atoms with Crippen molar-refractivity contribution in [2.24, 2.45) is 4.99 Å². The highest BCUT2D eigenvalue weighted by Crippen LogP contribution is 2.11. The maximum absolute atomic E-state index is 11.8. The molecular weight excluding hydrogens is 443 g/mol. The number of aliphatic imine (C=N–C) groups is 1. The molecule has 0 spiro atoms. The summed E-state index contributed by atoms with van der Waals surface area (Å²) in [5.41, 5.74) is 2.20. The molecule has 6 nitrogen and oxygen atoms in total. The number of halogens is 1. The lowest BCUT2D eigenvalue weighted by atomic mass is 10.2. The summed E-state index contributed by atoms with van der Waals surface area (Å²) in [5, 5.41) is 3.22. The van der Waals surface area contributed by atoms with E-state index in [4.69, 9.17) is 4.74 Å². The fourth-order valence-electron chi connectivity index (χ4n) is 1.87. The van der Waals surface area contributed by atoms with Crippen molar-refractivity contribution >= 4 is 35.8 Å². The van der Waals surface area contributed by atoms with E-state index in [9.17, 15) is 4.79 Å². The Morgan fingerprint density at radius 3 is 2.38 bits per heavy atom. The van der Waals surface area contributed by atoms with Crippen LogP contribution in [0.3, 0.4) is 0 Å². The molecule has 0 saturated carbocycles. The van der Waals surface area contributed by atoms with Crippen LogP contribution in [-0.2, 0) is 4.79 Å². The number of rotatable bonds is 8. The van der Waals surface area contributed by atoms with Crippen LogP contribution in [0.15, 0.2) is 41.4 Å². The predicted octanol–water partition coefficient (Wildman–Crippen LogP) is 2.53. The van der Waals surface area contributed by atoms with Gasteiger partial charge in [-0.15, -0.1) is 24.0 Å². The van der Waals surface area contributed by atoms with Crippen molar-refractivity contribution < 1.29 is 9.53 Å². The van der Waals surface area contributed by atoms with Gasteiger partial charge in [0.1, 0.15) is 18.9 Å². The number of hydrogen-bond donors (Lipinski definition) is 1. The first-order valence-corrected chi connectivity index (χ1v) is 8.33. The van der Waals surface area contributed by atoms with Crippen LogP contribution in [0.25, 0.3) is 0 Å². The fraction of sp³-hybridized carbons (Fsp3) is 0.474. The molecule has 1 aromatic carbocycles. The van der Waals surface area contributed by atoms with Gasteiger partial charge >= 0.3 is 0 Å². The second kappa shape index (κ2) is 12.6. The van der Waals surface area contributed by atoms with Gasteiger partial charge in [0.2, 0.25) is 5.91 Å². The summed E-state index contributed by atoms with van der Waals surface area (Å²) in [6.45, 7) is 9.75. The van der Waals surface area contributed by atoms with E-state index in [0.717, 1.165) is 11.3 Å². The zero-order valence-electron chi connectivity index (χ0n) is 16.4. The van der Waals surface area contributed by atoms with Gasteiger partial charge in [-0.1, -0.05) is 29.8 Å². The van der Waals surface area contributed by atoms with Gasteiger partial charge in [-0.05, 0) is 26.0 Å². The molecule has 0 heterocycles. The average Bonchev–Trinajstić information content (AvgIpc) is 2.55. The molecule has 0 fully saturated rings. The second-order valence-corrected chi connectivity index (χ2v) is 6.32. The summed E-state index contributed by atoms with van der Waals surface area (Å²) in [5.74, 6) is 1.46. The van der Waals surface area contributed by atoms with E-state index >= 15 is 0 Å². The summed E-state index contributed by atoms with van der Waals surface area (Å²) < 4.78 is 5.75. The molecule has 146 valence electrons. The zero-order valence-corrected chi connectivity index (χ0v) is 18.7. The number of ether oxygens (including phenoxy) is 1. The minimum atomic E-state index is -0.0427. The Morgan fingerprint density at radius 1 is 1.23 bits per heavy atom. The normalized spacial score (nSPS) is 10.6. The van der Waals surface area contributed by atoms with Crippen LogP contribution < -0.4 is 10.1 Å². The van der Waals surface area contributed by atoms with Gasteiger partial charge in [0.15, 0.2) is 5.96 Å². The number of likely N-dealkylation sites (N-methyl/N-ethyl adjacent to an activating group) is 2. The van der Waals surface area contributed by atoms with Gasteiger partial charge in [-0.3, -0.25) is 4.79 Å². The average molecular weight is 474 g/mol. The number of nitrogens with one attached hydrogen (secondary N) is 1. The third-order valence-corrected chi connectivity index (χ3v) is 3.49. The lowest BCUT2D eigenvalue weighted by molar-refractivity contribution is -0.127. The van der Waals surface area contributed by atoms with Gasteiger partial charge in [-0.25, -0.2) is 4.99 Å². The summed E-state index contributed by atoms with van der Waals surface area (Å²) in [6, 6.07) is 7.96. The van der Waals surface area contributed by atoms with Crippen LogP contribution in [0.4, 0.5) is 0 Å². The lowest BCUT2D eigenvalue weighted by Crippen LogP contribution is -2.42. The molecule has 0 aliphatic carbocycles. The first kappa shape index (κ1) is 24.2. The maximum Gasteiger partial charge on any atom is 0.243 e. The summed E-state index contributed by atoms with van der Waals surface area (Å²) >= 11 is 0. The van der Waals surface area contributed by atoms with E-state index in [1.165, 1.54) is 10.5 Å². The molecular formula is C19H31IN4O2. The maximum atomic E-state index is 11.8. The van der Waals surface area contributed by atoms with Crippen molar-refractivity contribution in [2.75, 3.05) is 47.4 Å². The first-order valence-electron chi connectivity index (χ1n) is 8.33. The predicted molar refractivity (Wildman–Crippen MR) is 119 cm³/mol. The molecule has 0 saturated heterocycles. The van der Waals surface area contributed by atoms with E-state index in [2.05, 4.69) is 16.9 Å². The van der Waals surface area contributed by atoms with Crippen molar-refractivity contribution in [3.63, 3.8) is 0 Å². The minimum absolute atomic E-state index is 0. The standard InChI is InChI=1S/C19H30N4O2.HI/c1-15(2)13-20-19(21-14-18(24)22(4)5)23(6)11-12-25-17-9-7-16(3)8-10-17;/h7-10H,1,11-14H2,2-6H3,(H,20,21);1H. The van der Waals surface area contributed by atoms with Crippen molar-refractivity contribution in [3.05, 3.63) is 42.0 Å². The number of guanidine groups is 1. The molecule has 0 unspecified atom stereocenters. The molecule has 1 rings (SSSR count). The molecule has 0 atom stereocenters. The first-order chi connectivity index (χ1) is 11.8. The molecule has 26 heavy (non-hydrogen) atoms. The van der Waals surface area contributed by atoms with E-state index < -0.39 is 0 Å². The van der Waals surface area contributed by atoms with Crippen LogP contribution >= 0.6 is 24.0 Å². The monoisotopic (exact) mass is 474 g/mol. The Balaban J connectivity index is 0.00000625. The van der Waals surface area contributed by atoms with E-state index in [1.54, 1.807) is 14.1 Å². The Hall–Kier alpha value is -1.77. The smallest absolute Gasteiger partial charge is 0.243 e. The highest BCUT2D eigenvalue weighted by Gasteiger charge is 2.09. The summed E-state index contributed by atoms with van der Waals surface area (Å²) in [4.78, 5) is 19.6. The molecule has 1 aromatic rings. The van der Waals surface area contributed by atoms with Gasteiger partial charge in [0.05, 0.1) is 6.54 Å². The second-order valence-electron chi connectivity index (χ2n) is 6.32.